The molecule has 0 fully saturated rings. The highest BCUT2D eigenvalue weighted by molar-refractivity contribution is 6.31. The largest absolute Gasteiger partial charge is 0.348 e. The highest BCUT2D eigenvalue weighted by atomic mass is 35.5. The van der Waals surface area contributed by atoms with Gasteiger partial charge in [-0.15, -0.1) is 0 Å². The Labute approximate surface area is 127 Å². The molecule has 1 amide bonds. The number of rotatable bonds is 5. The molecule has 0 aliphatic heterocycles. The van der Waals surface area contributed by atoms with Crippen molar-refractivity contribution in [2.24, 2.45) is 5.73 Å². The van der Waals surface area contributed by atoms with Gasteiger partial charge in [-0.05, 0) is 36.2 Å². The Morgan fingerprint density at radius 1 is 1.14 bits per heavy atom. The van der Waals surface area contributed by atoms with Gasteiger partial charge in [-0.3, -0.25) is 4.79 Å². The first kappa shape index (κ1) is 15.5. The Hall–Kier alpha value is -1.91. The molecule has 0 atom stereocenters. The number of benzene rings is 2. The Bertz CT molecular complexity index is 629. The number of nitrogens with two attached hydrogens (primary N) is 1. The van der Waals surface area contributed by atoms with Crippen LogP contribution in [0.5, 0.6) is 0 Å². The van der Waals surface area contributed by atoms with Gasteiger partial charge in [0.05, 0.1) is 10.6 Å². The lowest BCUT2D eigenvalue weighted by atomic mass is 10.1. The number of nitrogens with one attached hydrogen (secondary N) is 1. The lowest BCUT2D eigenvalue weighted by Gasteiger charge is -2.08. The monoisotopic (exact) mass is 306 g/mol. The molecule has 0 aliphatic rings. The standard InChI is InChI=1S/C16H16ClFN2O/c17-14-3-1-2-13(15(14)18)16(21)20-10-12-6-4-11(5-7-12)8-9-19/h1-7H,8-10,19H2,(H,20,21). The molecule has 0 spiro atoms. The minimum absolute atomic E-state index is 0.0535. The molecule has 0 bridgehead atoms. The highest BCUT2D eigenvalue weighted by Crippen LogP contribution is 2.17. The molecule has 2 aromatic carbocycles. The van der Waals surface area contributed by atoms with Gasteiger partial charge in [0.1, 0.15) is 0 Å². The third-order valence-electron chi connectivity index (χ3n) is 3.11. The fourth-order valence-corrected chi connectivity index (χ4v) is 2.12. The number of amides is 1. The van der Waals surface area contributed by atoms with E-state index in [0.717, 1.165) is 17.5 Å². The maximum absolute atomic E-state index is 13.7. The molecule has 2 aromatic rings. The number of hydrogen-bond donors (Lipinski definition) is 2. The van der Waals surface area contributed by atoms with Gasteiger partial charge in [0.2, 0.25) is 0 Å². The molecule has 0 aromatic heterocycles. The fraction of sp³-hybridized carbons (Fsp3) is 0.188. The predicted octanol–water partition coefficient (Wildman–Crippen LogP) is 2.91. The third kappa shape index (κ3) is 4.03. The van der Waals surface area contributed by atoms with Crippen molar-refractivity contribution in [3.05, 3.63) is 70.0 Å². The van der Waals surface area contributed by atoms with Gasteiger partial charge in [0.25, 0.3) is 5.91 Å². The molecule has 2 rings (SSSR count). The van der Waals surface area contributed by atoms with Gasteiger partial charge in [-0.1, -0.05) is 41.9 Å². The molecule has 3 nitrogen and oxygen atoms in total. The topological polar surface area (TPSA) is 55.1 Å². The van der Waals surface area contributed by atoms with Crippen LogP contribution in [0.15, 0.2) is 42.5 Å². The molecule has 110 valence electrons. The van der Waals surface area contributed by atoms with Crippen molar-refractivity contribution >= 4 is 17.5 Å². The average Bonchev–Trinajstić information content (AvgIpc) is 2.49. The minimum Gasteiger partial charge on any atom is -0.348 e. The summed E-state index contributed by atoms with van der Waals surface area (Å²) in [6, 6.07) is 12.1. The van der Waals surface area contributed by atoms with E-state index in [1.54, 1.807) is 6.07 Å². The van der Waals surface area contributed by atoms with Crippen molar-refractivity contribution in [2.75, 3.05) is 6.54 Å². The molecular formula is C16H16ClFN2O. The van der Waals surface area contributed by atoms with Crippen LogP contribution in [0.4, 0.5) is 4.39 Å². The van der Waals surface area contributed by atoms with Gasteiger partial charge < -0.3 is 11.1 Å². The van der Waals surface area contributed by atoms with Gasteiger partial charge in [-0.2, -0.15) is 0 Å². The molecule has 0 heterocycles. The molecule has 0 radical (unpaired) electrons. The first-order chi connectivity index (χ1) is 10.1. The van der Waals surface area contributed by atoms with Crippen LogP contribution in [-0.2, 0) is 13.0 Å². The number of carbonyl (C=O) groups is 1. The summed E-state index contributed by atoms with van der Waals surface area (Å²) in [7, 11) is 0. The maximum atomic E-state index is 13.7. The Morgan fingerprint density at radius 3 is 2.48 bits per heavy atom. The summed E-state index contributed by atoms with van der Waals surface area (Å²) >= 11 is 5.66. The second kappa shape index (κ2) is 7.20. The summed E-state index contributed by atoms with van der Waals surface area (Å²) in [5.74, 6) is -1.18. The van der Waals surface area contributed by atoms with Crippen LogP contribution in [0.1, 0.15) is 21.5 Å². The summed E-state index contributed by atoms with van der Waals surface area (Å²) in [4.78, 5) is 11.9. The molecule has 0 saturated heterocycles. The summed E-state index contributed by atoms with van der Waals surface area (Å²) in [5, 5.41) is 2.61. The maximum Gasteiger partial charge on any atom is 0.254 e. The van der Waals surface area contributed by atoms with Crippen molar-refractivity contribution in [1.82, 2.24) is 5.32 Å². The van der Waals surface area contributed by atoms with E-state index >= 15 is 0 Å². The normalized spacial score (nSPS) is 10.4. The molecule has 21 heavy (non-hydrogen) atoms. The summed E-state index contributed by atoms with van der Waals surface area (Å²) in [6.07, 6.45) is 0.820. The van der Waals surface area contributed by atoms with Crippen LogP contribution in [-0.4, -0.2) is 12.5 Å². The minimum atomic E-state index is -0.699. The molecule has 0 unspecified atom stereocenters. The SMILES string of the molecule is NCCc1ccc(CNC(=O)c2cccc(Cl)c2F)cc1. The zero-order valence-corrected chi connectivity index (χ0v) is 12.2. The molecule has 0 aliphatic carbocycles. The van der Waals surface area contributed by atoms with Gasteiger partial charge >= 0.3 is 0 Å². The lowest BCUT2D eigenvalue weighted by Crippen LogP contribution is -2.23. The van der Waals surface area contributed by atoms with Crippen LogP contribution in [0, 0.1) is 5.82 Å². The molecule has 3 N–H and O–H groups in total. The first-order valence-corrected chi connectivity index (χ1v) is 6.99. The quantitative estimate of drug-likeness (QED) is 0.892. The smallest absolute Gasteiger partial charge is 0.254 e. The zero-order chi connectivity index (χ0) is 15.2. The van der Waals surface area contributed by atoms with Crippen LogP contribution >= 0.6 is 11.6 Å². The van der Waals surface area contributed by atoms with Crippen LogP contribution in [0.3, 0.4) is 0 Å². The van der Waals surface area contributed by atoms with E-state index in [0.29, 0.717) is 13.1 Å². The third-order valence-corrected chi connectivity index (χ3v) is 3.40. The average molecular weight is 307 g/mol. The number of halogens is 2. The summed E-state index contributed by atoms with van der Waals surface area (Å²) in [5.41, 5.74) is 7.51. The number of hydrogen-bond acceptors (Lipinski definition) is 2. The van der Waals surface area contributed by atoms with E-state index in [9.17, 15) is 9.18 Å². The lowest BCUT2D eigenvalue weighted by molar-refractivity contribution is 0.0947. The molecular weight excluding hydrogens is 291 g/mol. The molecule has 5 heteroatoms. The van der Waals surface area contributed by atoms with E-state index < -0.39 is 11.7 Å². The van der Waals surface area contributed by atoms with Crippen molar-refractivity contribution in [3.8, 4) is 0 Å². The first-order valence-electron chi connectivity index (χ1n) is 6.62. The van der Waals surface area contributed by atoms with Crippen molar-refractivity contribution in [3.63, 3.8) is 0 Å². The van der Waals surface area contributed by atoms with Crippen LogP contribution < -0.4 is 11.1 Å². The number of carbonyl (C=O) groups excluding carboxylic acids is 1. The summed E-state index contributed by atoms with van der Waals surface area (Å²) < 4.78 is 13.7. The summed E-state index contributed by atoms with van der Waals surface area (Å²) in [6.45, 7) is 0.928. The Balaban J connectivity index is 1.99. The second-order valence-electron chi connectivity index (χ2n) is 4.64. The van der Waals surface area contributed by atoms with Gasteiger partial charge in [0.15, 0.2) is 5.82 Å². The molecule has 0 saturated carbocycles. The second-order valence-corrected chi connectivity index (χ2v) is 5.05. The van der Waals surface area contributed by atoms with E-state index in [1.165, 1.54) is 12.1 Å². The van der Waals surface area contributed by atoms with Crippen LogP contribution in [0.25, 0.3) is 0 Å². The Morgan fingerprint density at radius 2 is 1.81 bits per heavy atom. The van der Waals surface area contributed by atoms with Crippen molar-refractivity contribution in [2.45, 2.75) is 13.0 Å². The fourth-order valence-electron chi connectivity index (χ4n) is 1.95. The van der Waals surface area contributed by atoms with E-state index in [-0.39, 0.29) is 10.6 Å². The highest BCUT2D eigenvalue weighted by Gasteiger charge is 2.13. The van der Waals surface area contributed by atoms with Crippen LogP contribution in [0.2, 0.25) is 5.02 Å². The van der Waals surface area contributed by atoms with Gasteiger partial charge in [-0.25, -0.2) is 4.39 Å². The van der Waals surface area contributed by atoms with Crippen molar-refractivity contribution < 1.29 is 9.18 Å². The van der Waals surface area contributed by atoms with E-state index in [2.05, 4.69) is 5.32 Å². The Kier molecular flexibility index (Phi) is 5.31. The van der Waals surface area contributed by atoms with E-state index in [1.807, 2.05) is 24.3 Å². The van der Waals surface area contributed by atoms with Crippen molar-refractivity contribution in [1.29, 1.82) is 0 Å². The van der Waals surface area contributed by atoms with E-state index in [4.69, 9.17) is 17.3 Å². The predicted molar refractivity (Wildman–Crippen MR) is 81.8 cm³/mol. The zero-order valence-electron chi connectivity index (χ0n) is 11.4. The van der Waals surface area contributed by atoms with Gasteiger partial charge in [0, 0.05) is 6.54 Å².